The van der Waals surface area contributed by atoms with Crippen LogP contribution >= 0.6 is 23.8 Å². The SMILES string of the molecule is COC(=O)C(C)/N=C1/NC(=S)N(c2ccc3[nH]cnc3c2)C1c1c(F)ccc(Cl)c1F. The monoisotopic (exact) mass is 463 g/mol. The molecule has 2 N–H and O–H groups in total. The highest BCUT2D eigenvalue weighted by Gasteiger charge is 2.41. The maximum atomic E-state index is 15.0. The van der Waals surface area contributed by atoms with Crippen LogP contribution in [0.2, 0.25) is 5.02 Å². The van der Waals surface area contributed by atoms with Crippen molar-refractivity contribution in [3.8, 4) is 0 Å². The molecule has 1 fully saturated rings. The number of benzene rings is 2. The number of ether oxygens (including phenoxy) is 1. The van der Waals surface area contributed by atoms with Crippen LogP contribution in [0.1, 0.15) is 18.5 Å². The number of hydrogen-bond donors (Lipinski definition) is 2. The van der Waals surface area contributed by atoms with Gasteiger partial charge in [-0.15, -0.1) is 0 Å². The highest BCUT2D eigenvalue weighted by molar-refractivity contribution is 7.80. The molecule has 2 aromatic carbocycles. The van der Waals surface area contributed by atoms with Crippen LogP contribution in [0.5, 0.6) is 0 Å². The quantitative estimate of drug-likeness (QED) is 0.347. The number of hydrogen-bond acceptors (Lipinski definition) is 5. The normalized spacial score (nSPS) is 18.5. The number of imidazole rings is 1. The number of methoxy groups -OCH3 is 1. The minimum atomic E-state index is -1.13. The molecular formula is C20H16ClF2N5O2S. The van der Waals surface area contributed by atoms with Crippen molar-refractivity contribution >= 4 is 57.5 Å². The van der Waals surface area contributed by atoms with E-state index < -0.39 is 29.7 Å². The number of fused-ring (bicyclic) bond motifs is 1. The van der Waals surface area contributed by atoms with Crippen LogP contribution in [-0.2, 0) is 9.53 Å². The average molecular weight is 464 g/mol. The van der Waals surface area contributed by atoms with Crippen molar-refractivity contribution in [2.24, 2.45) is 4.99 Å². The van der Waals surface area contributed by atoms with Gasteiger partial charge in [-0.25, -0.2) is 18.6 Å². The molecule has 0 aliphatic carbocycles. The number of carbonyl (C=O) groups excluding carboxylic acids is 1. The van der Waals surface area contributed by atoms with Crippen LogP contribution in [0, 0.1) is 11.6 Å². The summed E-state index contributed by atoms with van der Waals surface area (Å²) in [6, 6.07) is 5.36. The van der Waals surface area contributed by atoms with Gasteiger partial charge in [-0.05, 0) is 49.5 Å². The predicted octanol–water partition coefficient (Wildman–Crippen LogP) is 3.89. The maximum Gasteiger partial charge on any atom is 0.330 e. The van der Waals surface area contributed by atoms with E-state index in [0.29, 0.717) is 11.2 Å². The summed E-state index contributed by atoms with van der Waals surface area (Å²) in [5.74, 6) is -2.29. The Labute approximate surface area is 186 Å². The zero-order valence-electron chi connectivity index (χ0n) is 16.3. The number of carbonyl (C=O) groups is 1. The number of amidine groups is 1. The summed E-state index contributed by atoms with van der Waals surface area (Å²) >= 11 is 11.4. The largest absolute Gasteiger partial charge is 0.467 e. The molecule has 0 radical (unpaired) electrons. The first-order chi connectivity index (χ1) is 14.8. The van der Waals surface area contributed by atoms with E-state index in [2.05, 4.69) is 20.3 Å². The molecule has 7 nitrogen and oxygen atoms in total. The van der Waals surface area contributed by atoms with E-state index in [0.717, 1.165) is 17.6 Å². The fourth-order valence-electron chi connectivity index (χ4n) is 3.41. The molecule has 0 amide bonds. The van der Waals surface area contributed by atoms with Crippen molar-refractivity contribution in [2.45, 2.75) is 19.0 Å². The molecule has 1 aliphatic heterocycles. The molecule has 0 saturated carbocycles. The lowest BCUT2D eigenvalue weighted by Gasteiger charge is -2.26. The molecule has 1 saturated heterocycles. The molecule has 160 valence electrons. The molecule has 0 spiro atoms. The van der Waals surface area contributed by atoms with Crippen LogP contribution < -0.4 is 10.2 Å². The summed E-state index contributed by atoms with van der Waals surface area (Å²) in [7, 11) is 1.23. The van der Waals surface area contributed by atoms with Crippen LogP contribution in [0.15, 0.2) is 41.7 Å². The third-order valence-corrected chi connectivity index (χ3v) is 5.47. The number of halogens is 3. The zero-order chi connectivity index (χ0) is 22.3. The summed E-state index contributed by atoms with van der Waals surface area (Å²) in [4.78, 5) is 24.9. The lowest BCUT2D eigenvalue weighted by molar-refractivity contribution is -0.141. The number of nitrogens with zero attached hydrogens (tertiary/aromatic N) is 3. The Morgan fingerprint density at radius 3 is 2.87 bits per heavy atom. The molecule has 4 rings (SSSR count). The number of aromatic nitrogens is 2. The molecule has 1 aromatic heterocycles. The van der Waals surface area contributed by atoms with E-state index in [1.54, 1.807) is 18.2 Å². The lowest BCUT2D eigenvalue weighted by atomic mass is 10.0. The highest BCUT2D eigenvalue weighted by atomic mass is 35.5. The Bertz CT molecular complexity index is 1230. The first kappa shape index (κ1) is 21.1. The van der Waals surface area contributed by atoms with Gasteiger partial charge in [0.25, 0.3) is 0 Å². The van der Waals surface area contributed by atoms with Crippen LogP contribution in [0.4, 0.5) is 14.5 Å². The van der Waals surface area contributed by atoms with Gasteiger partial charge in [-0.2, -0.15) is 0 Å². The summed E-state index contributed by atoms with van der Waals surface area (Å²) in [6.45, 7) is 1.50. The van der Waals surface area contributed by atoms with E-state index in [1.165, 1.54) is 25.3 Å². The number of rotatable bonds is 4. The number of aromatic amines is 1. The van der Waals surface area contributed by atoms with Gasteiger partial charge in [0.05, 0.1) is 35.1 Å². The smallest absolute Gasteiger partial charge is 0.330 e. The molecule has 2 heterocycles. The van der Waals surface area contributed by atoms with E-state index in [-0.39, 0.29) is 21.5 Å². The Balaban J connectivity index is 1.91. The van der Waals surface area contributed by atoms with Crippen LogP contribution in [-0.4, -0.2) is 40.0 Å². The maximum absolute atomic E-state index is 15.0. The number of nitrogens with one attached hydrogen (secondary N) is 2. The first-order valence-electron chi connectivity index (χ1n) is 9.14. The predicted molar refractivity (Wildman–Crippen MR) is 117 cm³/mol. The molecule has 3 aromatic rings. The summed E-state index contributed by atoms with van der Waals surface area (Å²) in [5.41, 5.74) is 1.60. The van der Waals surface area contributed by atoms with E-state index in [9.17, 15) is 9.18 Å². The van der Waals surface area contributed by atoms with Gasteiger partial charge in [-0.1, -0.05) is 11.6 Å². The lowest BCUT2D eigenvalue weighted by Crippen LogP contribution is -2.30. The number of anilines is 1. The van der Waals surface area contributed by atoms with Crippen molar-refractivity contribution in [1.29, 1.82) is 0 Å². The Morgan fingerprint density at radius 1 is 1.35 bits per heavy atom. The van der Waals surface area contributed by atoms with Gasteiger partial charge in [0.15, 0.2) is 5.11 Å². The van der Waals surface area contributed by atoms with Gasteiger partial charge in [0.2, 0.25) is 0 Å². The highest BCUT2D eigenvalue weighted by Crippen LogP contribution is 2.37. The number of H-pyrrole nitrogens is 1. The molecular weight excluding hydrogens is 448 g/mol. The zero-order valence-corrected chi connectivity index (χ0v) is 17.9. The molecule has 2 atom stereocenters. The van der Waals surface area contributed by atoms with Crippen molar-refractivity contribution in [2.75, 3.05) is 12.0 Å². The fraction of sp³-hybridized carbons (Fsp3) is 0.200. The van der Waals surface area contributed by atoms with Gasteiger partial charge in [-0.3, -0.25) is 4.99 Å². The number of thiocarbonyl (C=S) groups is 1. The summed E-state index contributed by atoms with van der Waals surface area (Å²) in [5, 5.41) is 2.77. The molecule has 31 heavy (non-hydrogen) atoms. The van der Waals surface area contributed by atoms with Crippen molar-refractivity contribution in [1.82, 2.24) is 15.3 Å². The average Bonchev–Trinajstić information content (AvgIpc) is 3.34. The van der Waals surface area contributed by atoms with E-state index in [4.69, 9.17) is 28.6 Å². The van der Waals surface area contributed by atoms with Crippen LogP contribution in [0.3, 0.4) is 0 Å². The number of aliphatic imine (C=N–C) groups is 1. The summed E-state index contributed by atoms with van der Waals surface area (Å²) < 4.78 is 34.6. The molecule has 11 heteroatoms. The fourth-order valence-corrected chi connectivity index (χ4v) is 3.89. The molecule has 1 aliphatic rings. The van der Waals surface area contributed by atoms with Crippen molar-refractivity contribution in [3.63, 3.8) is 0 Å². The van der Waals surface area contributed by atoms with Gasteiger partial charge in [0, 0.05) is 5.69 Å². The molecule has 0 bridgehead atoms. The first-order valence-corrected chi connectivity index (χ1v) is 9.92. The van der Waals surface area contributed by atoms with E-state index >= 15 is 4.39 Å². The van der Waals surface area contributed by atoms with E-state index in [1.807, 2.05) is 0 Å². The minimum Gasteiger partial charge on any atom is -0.467 e. The number of esters is 1. The van der Waals surface area contributed by atoms with Crippen molar-refractivity contribution in [3.05, 3.63) is 58.9 Å². The standard InChI is InChI=1S/C20H16ClF2N5O2S/c1-9(19(29)30-2)26-18-17(15-12(22)5-4-11(21)16(15)23)28(20(31)27-18)10-3-6-13-14(7-10)25-8-24-13/h3-9,17H,1-2H3,(H,24,25)(H,26,27,31). The Morgan fingerprint density at radius 2 is 2.13 bits per heavy atom. The third-order valence-electron chi connectivity index (χ3n) is 4.88. The van der Waals surface area contributed by atoms with Gasteiger partial charge in [0.1, 0.15) is 29.6 Å². The van der Waals surface area contributed by atoms with Gasteiger partial charge >= 0.3 is 5.97 Å². The third kappa shape index (κ3) is 3.72. The Kier molecular flexibility index (Phi) is 5.59. The second-order valence-electron chi connectivity index (χ2n) is 6.78. The van der Waals surface area contributed by atoms with Crippen molar-refractivity contribution < 1.29 is 18.3 Å². The topological polar surface area (TPSA) is 82.6 Å². The minimum absolute atomic E-state index is 0.0880. The second kappa shape index (κ2) is 8.20. The Hall–Kier alpha value is -3.11. The van der Waals surface area contributed by atoms with Gasteiger partial charge < -0.3 is 19.9 Å². The summed E-state index contributed by atoms with van der Waals surface area (Å²) in [6.07, 6.45) is 1.54. The van der Waals surface area contributed by atoms with Crippen LogP contribution in [0.25, 0.3) is 11.0 Å². The second-order valence-corrected chi connectivity index (χ2v) is 7.57. The molecule has 2 unspecified atom stereocenters.